The Hall–Kier alpha value is 0.360. The van der Waals surface area contributed by atoms with E-state index in [9.17, 15) is 0 Å². The minimum Gasteiger partial charge on any atom is -0.396 e. The zero-order valence-corrected chi connectivity index (χ0v) is 9.66. The molecular weight excluding hydrogens is 236 g/mol. The molecule has 1 N–H and O–H groups in total. The number of rotatable bonds is 3. The van der Waals surface area contributed by atoms with E-state index in [0.717, 1.165) is 12.8 Å². The maximum absolute atomic E-state index is 9.08. The second-order valence-electron chi connectivity index (χ2n) is 3.51. The highest BCUT2D eigenvalue weighted by Crippen LogP contribution is 2.32. The van der Waals surface area contributed by atoms with Gasteiger partial charge in [-0.3, -0.25) is 0 Å². The molecule has 4 heteroatoms. The summed E-state index contributed by atoms with van der Waals surface area (Å²) in [5.74, 6) is 0.309. The highest BCUT2D eigenvalue weighted by Gasteiger charge is 2.36. The Morgan fingerprint density at radius 2 is 1.69 bits per heavy atom. The van der Waals surface area contributed by atoms with Gasteiger partial charge in [0.15, 0.2) is 0 Å². The molecular formula is C9H17BrO3. The van der Waals surface area contributed by atoms with E-state index in [1.807, 2.05) is 0 Å². The average molecular weight is 253 g/mol. The van der Waals surface area contributed by atoms with Crippen molar-refractivity contribution in [3.63, 3.8) is 0 Å². The molecule has 3 nitrogen and oxygen atoms in total. The molecule has 1 fully saturated rings. The van der Waals surface area contributed by atoms with Crippen LogP contribution in [0.2, 0.25) is 0 Å². The summed E-state index contributed by atoms with van der Waals surface area (Å²) in [5, 5.41) is 9.08. The Labute approximate surface area is 87.5 Å². The van der Waals surface area contributed by atoms with Gasteiger partial charge in [0.1, 0.15) is 0 Å². The van der Waals surface area contributed by atoms with Gasteiger partial charge in [-0.05, 0) is 18.8 Å². The number of aliphatic hydroxyl groups excluding tert-OH is 1. The van der Waals surface area contributed by atoms with Crippen LogP contribution in [0.4, 0.5) is 0 Å². The van der Waals surface area contributed by atoms with E-state index < -0.39 is 0 Å². The molecule has 1 saturated carbocycles. The maximum atomic E-state index is 9.08. The summed E-state index contributed by atoms with van der Waals surface area (Å²) in [4.78, 5) is 0.241. The molecule has 78 valence electrons. The summed E-state index contributed by atoms with van der Waals surface area (Å²) in [6, 6.07) is 0. The number of aliphatic hydroxyl groups is 1. The fourth-order valence-electron chi connectivity index (χ4n) is 1.85. The summed E-state index contributed by atoms with van der Waals surface area (Å²) in [6.45, 7) is 0.222. The second kappa shape index (κ2) is 5.29. The zero-order valence-electron chi connectivity index (χ0n) is 8.07. The summed E-state index contributed by atoms with van der Waals surface area (Å²) in [6.07, 6.45) is 2.11. The third kappa shape index (κ3) is 2.65. The van der Waals surface area contributed by atoms with Crippen LogP contribution in [0.3, 0.4) is 0 Å². The Morgan fingerprint density at radius 3 is 2.00 bits per heavy atom. The molecule has 0 spiro atoms. The number of hydrogen-bond donors (Lipinski definition) is 1. The fraction of sp³-hybridized carbons (Fsp3) is 1.00. The maximum Gasteiger partial charge on any atom is 0.0725 e. The largest absolute Gasteiger partial charge is 0.396 e. The lowest BCUT2D eigenvalue weighted by Gasteiger charge is -2.36. The quantitative estimate of drug-likeness (QED) is 0.768. The van der Waals surface area contributed by atoms with Crippen LogP contribution in [-0.2, 0) is 9.47 Å². The van der Waals surface area contributed by atoms with Crippen molar-refractivity contribution in [2.75, 3.05) is 20.8 Å². The molecule has 1 aliphatic carbocycles. The Kier molecular flexibility index (Phi) is 4.66. The van der Waals surface area contributed by atoms with Gasteiger partial charge in [-0.25, -0.2) is 0 Å². The normalized spacial score (nSPS) is 40.6. The molecule has 0 radical (unpaired) electrons. The molecule has 0 saturated heterocycles. The van der Waals surface area contributed by atoms with E-state index in [4.69, 9.17) is 14.6 Å². The molecule has 0 bridgehead atoms. The molecule has 1 rings (SSSR count). The van der Waals surface area contributed by atoms with Gasteiger partial charge in [0.05, 0.1) is 17.0 Å². The Balaban J connectivity index is 2.56. The molecule has 13 heavy (non-hydrogen) atoms. The lowest BCUT2D eigenvalue weighted by molar-refractivity contribution is -0.0308. The van der Waals surface area contributed by atoms with Crippen molar-refractivity contribution in [3.05, 3.63) is 0 Å². The molecule has 0 aromatic heterocycles. The van der Waals surface area contributed by atoms with Crippen LogP contribution in [-0.4, -0.2) is 43.0 Å². The van der Waals surface area contributed by atoms with Crippen molar-refractivity contribution in [1.29, 1.82) is 0 Å². The van der Waals surface area contributed by atoms with Crippen LogP contribution in [0.15, 0.2) is 0 Å². The highest BCUT2D eigenvalue weighted by molar-refractivity contribution is 9.09. The lowest BCUT2D eigenvalue weighted by Crippen LogP contribution is -2.43. The first-order chi connectivity index (χ1) is 6.22. The monoisotopic (exact) mass is 252 g/mol. The average Bonchev–Trinajstić information content (AvgIpc) is 2.18. The van der Waals surface area contributed by atoms with E-state index in [2.05, 4.69) is 15.9 Å². The van der Waals surface area contributed by atoms with Gasteiger partial charge in [0, 0.05) is 20.8 Å². The van der Waals surface area contributed by atoms with Crippen LogP contribution in [0.5, 0.6) is 0 Å². The molecule has 2 atom stereocenters. The van der Waals surface area contributed by atoms with Gasteiger partial charge in [-0.1, -0.05) is 15.9 Å². The van der Waals surface area contributed by atoms with Crippen molar-refractivity contribution in [3.8, 4) is 0 Å². The third-order valence-corrected chi connectivity index (χ3v) is 3.88. The summed E-state index contributed by atoms with van der Waals surface area (Å²) in [5.41, 5.74) is 0. The highest BCUT2D eigenvalue weighted by atomic mass is 79.9. The summed E-state index contributed by atoms with van der Waals surface area (Å²) >= 11 is 3.57. The van der Waals surface area contributed by atoms with Crippen LogP contribution in [0.1, 0.15) is 12.8 Å². The van der Waals surface area contributed by atoms with Crippen molar-refractivity contribution in [2.24, 2.45) is 5.92 Å². The van der Waals surface area contributed by atoms with Crippen LogP contribution >= 0.6 is 15.9 Å². The number of ether oxygens (including phenoxy) is 2. The minimum absolute atomic E-state index is 0.149. The number of hydrogen-bond acceptors (Lipinski definition) is 3. The SMILES string of the molecule is COC1CC(CO)CC(OC)C1Br. The zero-order chi connectivity index (χ0) is 9.84. The first kappa shape index (κ1) is 11.4. The standard InChI is InChI=1S/C9H17BrO3/c1-12-7-3-6(5-11)4-8(13-2)9(7)10/h6-9,11H,3-5H2,1-2H3. The van der Waals surface area contributed by atoms with Crippen molar-refractivity contribution >= 4 is 15.9 Å². The Bertz CT molecular complexity index is 140. The minimum atomic E-state index is 0.149. The molecule has 0 aromatic rings. The lowest BCUT2D eigenvalue weighted by atomic mass is 9.85. The van der Waals surface area contributed by atoms with E-state index in [1.165, 1.54) is 0 Å². The smallest absolute Gasteiger partial charge is 0.0725 e. The molecule has 1 aliphatic rings. The molecule has 0 amide bonds. The van der Waals surface area contributed by atoms with Crippen molar-refractivity contribution in [1.82, 2.24) is 0 Å². The van der Waals surface area contributed by atoms with Crippen LogP contribution < -0.4 is 0 Å². The number of halogens is 1. The molecule has 0 heterocycles. The first-order valence-corrected chi connectivity index (χ1v) is 5.45. The summed E-state index contributed by atoms with van der Waals surface area (Å²) in [7, 11) is 3.40. The second-order valence-corrected chi connectivity index (χ2v) is 4.57. The van der Waals surface area contributed by atoms with E-state index in [-0.39, 0.29) is 23.6 Å². The van der Waals surface area contributed by atoms with Crippen LogP contribution in [0, 0.1) is 5.92 Å². The molecule has 0 aliphatic heterocycles. The van der Waals surface area contributed by atoms with E-state index in [0.29, 0.717) is 5.92 Å². The number of methoxy groups -OCH3 is 2. The van der Waals surface area contributed by atoms with E-state index in [1.54, 1.807) is 14.2 Å². The van der Waals surface area contributed by atoms with Gasteiger partial charge in [-0.2, -0.15) is 0 Å². The topological polar surface area (TPSA) is 38.7 Å². The van der Waals surface area contributed by atoms with Gasteiger partial charge in [0.2, 0.25) is 0 Å². The van der Waals surface area contributed by atoms with Gasteiger partial charge in [0.25, 0.3) is 0 Å². The van der Waals surface area contributed by atoms with Gasteiger partial charge < -0.3 is 14.6 Å². The third-order valence-electron chi connectivity index (χ3n) is 2.71. The molecule has 2 unspecified atom stereocenters. The van der Waals surface area contributed by atoms with Crippen molar-refractivity contribution in [2.45, 2.75) is 29.9 Å². The van der Waals surface area contributed by atoms with Gasteiger partial charge >= 0.3 is 0 Å². The summed E-state index contributed by atoms with van der Waals surface area (Å²) < 4.78 is 10.7. The predicted octanol–water partition coefficient (Wildman–Crippen LogP) is 1.18. The van der Waals surface area contributed by atoms with E-state index >= 15 is 0 Å². The number of alkyl halides is 1. The fourth-order valence-corrected chi connectivity index (χ4v) is 2.72. The predicted molar refractivity (Wildman–Crippen MR) is 54.1 cm³/mol. The molecule has 0 aromatic carbocycles. The van der Waals surface area contributed by atoms with Crippen molar-refractivity contribution < 1.29 is 14.6 Å². The van der Waals surface area contributed by atoms with Crippen LogP contribution in [0.25, 0.3) is 0 Å². The Morgan fingerprint density at radius 1 is 1.23 bits per heavy atom. The first-order valence-electron chi connectivity index (χ1n) is 4.53. The van der Waals surface area contributed by atoms with Gasteiger partial charge in [-0.15, -0.1) is 0 Å².